The van der Waals surface area contributed by atoms with Gasteiger partial charge in [-0.3, -0.25) is 38.6 Å². The van der Waals surface area contributed by atoms with Gasteiger partial charge in [-0.2, -0.15) is 0 Å². The highest BCUT2D eigenvalue weighted by Gasteiger charge is 2.49. The lowest BCUT2D eigenvalue weighted by molar-refractivity contribution is -0.146. The molecule has 26 heteroatoms. The van der Waals surface area contributed by atoms with E-state index in [0.29, 0.717) is 9.80 Å². The highest BCUT2D eigenvalue weighted by atomic mass is 19.1. The van der Waals surface area contributed by atoms with E-state index in [1.165, 1.54) is 100 Å². The molecule has 9 aromatic carbocycles. The van der Waals surface area contributed by atoms with Crippen LogP contribution in [0.3, 0.4) is 0 Å². The summed E-state index contributed by atoms with van der Waals surface area (Å²) in [6.45, 7) is 23.0. The van der Waals surface area contributed by atoms with Gasteiger partial charge in [-0.15, -0.1) is 0 Å². The lowest BCUT2D eigenvalue weighted by Crippen LogP contribution is -2.57. The molecule has 0 N–H and O–H groups in total. The van der Waals surface area contributed by atoms with Crippen molar-refractivity contribution >= 4 is 102 Å². The van der Waals surface area contributed by atoms with Gasteiger partial charge in [-0.05, 0) is 112 Å². The summed E-state index contributed by atoms with van der Waals surface area (Å²) in [4.78, 5) is 151. The second kappa shape index (κ2) is 31.5. The molecule has 2 aliphatic heterocycles. The molecule has 0 bridgehead atoms. The summed E-state index contributed by atoms with van der Waals surface area (Å²) in [7, 11) is 0. The average Bonchev–Trinajstić information content (AvgIpc) is 0.670. The normalized spacial score (nSPS) is 13.1. The second-order valence-electron chi connectivity index (χ2n) is 26.6. The van der Waals surface area contributed by atoms with E-state index >= 15 is 46.3 Å². The molecule has 0 aromatic heterocycles. The summed E-state index contributed by atoms with van der Waals surface area (Å²) in [5.41, 5.74) is -1.31. The van der Waals surface area contributed by atoms with Crippen LogP contribution in [0.4, 0.5) is 17.6 Å². The Balaban J connectivity index is 1.25. The van der Waals surface area contributed by atoms with Crippen LogP contribution in [0.1, 0.15) is 96.8 Å². The van der Waals surface area contributed by atoms with Gasteiger partial charge in [0.15, 0.2) is 0 Å². The maximum Gasteiger partial charge on any atom is 0.333 e. The number of benzene rings is 9. The molecular weight excluding hydrogens is 1400 g/mol. The van der Waals surface area contributed by atoms with Crippen LogP contribution >= 0.6 is 0 Å². The van der Waals surface area contributed by atoms with Gasteiger partial charge in [0.2, 0.25) is 11.8 Å². The van der Waals surface area contributed by atoms with Crippen LogP contribution in [0.25, 0.3) is 43.1 Å². The number of rotatable bonds is 30. The summed E-state index contributed by atoms with van der Waals surface area (Å²) in [6.07, 6.45) is 0. The SMILES string of the molecule is C=C(C)C(=O)OCCN(CCOC(=O)C(=C)C)C(=O)C(C(C)C)N1C(=O)c2cc(Oc3cccc(F)c3)c3c4c(Oc5cccc(F)c5)cc5c6c(cc(Oc7cccc(F)c7)c(c7c(Oc8cccc(F)c8)cc(c2c37)C1=O)c64)C(=O)N(C(C(=O)N(CCOC(=O)C(=C)C)CCOC(=O)C(=C)C)C(C)C)C5=O. The Morgan fingerprint density at radius 3 is 0.769 bits per heavy atom. The van der Waals surface area contributed by atoms with Crippen molar-refractivity contribution in [3.05, 3.63) is 215 Å². The van der Waals surface area contributed by atoms with E-state index in [1.807, 2.05) is 0 Å². The molecule has 2 aliphatic rings. The summed E-state index contributed by atoms with van der Waals surface area (Å²) in [5, 5.41) is -1.30. The smallest absolute Gasteiger partial charge is 0.333 e. The van der Waals surface area contributed by atoms with Gasteiger partial charge in [-0.25, -0.2) is 36.7 Å². The molecule has 2 unspecified atom stereocenters. The molecule has 0 saturated heterocycles. The van der Waals surface area contributed by atoms with Crippen LogP contribution in [0.5, 0.6) is 46.0 Å². The number of ether oxygens (including phenoxy) is 8. The van der Waals surface area contributed by atoms with Crippen molar-refractivity contribution in [1.82, 2.24) is 19.6 Å². The number of carbonyl (C=O) groups excluding carboxylic acids is 10. The number of esters is 4. The molecule has 2 heterocycles. The molecule has 0 aliphatic carbocycles. The number of carbonyl (C=O) groups is 10. The van der Waals surface area contributed by atoms with Crippen molar-refractivity contribution in [2.24, 2.45) is 11.8 Å². The number of fused-ring (bicyclic) bond motifs is 2. The first-order chi connectivity index (χ1) is 51.3. The van der Waals surface area contributed by atoms with Crippen molar-refractivity contribution in [3.8, 4) is 46.0 Å². The van der Waals surface area contributed by atoms with E-state index in [-0.39, 0.29) is 160 Å². The number of imide groups is 2. The van der Waals surface area contributed by atoms with E-state index in [2.05, 4.69) is 26.3 Å². The molecule has 108 heavy (non-hydrogen) atoms. The Labute approximate surface area is 616 Å². The fourth-order valence-corrected chi connectivity index (χ4v) is 12.9. The third-order valence-electron chi connectivity index (χ3n) is 17.8. The van der Waals surface area contributed by atoms with Crippen LogP contribution in [-0.2, 0) is 47.7 Å². The monoisotopic (exact) mass is 1480 g/mol. The van der Waals surface area contributed by atoms with Crippen molar-refractivity contribution in [3.63, 3.8) is 0 Å². The zero-order valence-corrected chi connectivity index (χ0v) is 60.0. The zero-order chi connectivity index (χ0) is 78.0. The number of nitrogens with zero attached hydrogens (tertiary/aromatic N) is 4. The average molecular weight is 1480 g/mol. The Kier molecular flexibility index (Phi) is 22.3. The predicted molar refractivity (Wildman–Crippen MR) is 388 cm³/mol. The lowest BCUT2D eigenvalue weighted by Gasteiger charge is -2.39. The summed E-state index contributed by atoms with van der Waals surface area (Å²) >= 11 is 0. The molecule has 0 fully saturated rings. The van der Waals surface area contributed by atoms with Crippen LogP contribution in [0.2, 0.25) is 0 Å². The van der Waals surface area contributed by atoms with Crippen molar-refractivity contribution in [2.45, 2.75) is 67.5 Å². The first-order valence-electron chi connectivity index (χ1n) is 34.1. The molecule has 9 aromatic rings. The van der Waals surface area contributed by atoms with E-state index in [4.69, 9.17) is 37.9 Å². The van der Waals surface area contributed by atoms with E-state index in [1.54, 1.807) is 27.7 Å². The van der Waals surface area contributed by atoms with Gasteiger partial charge in [-0.1, -0.05) is 78.3 Å². The summed E-state index contributed by atoms with van der Waals surface area (Å²) < 4.78 is 112. The van der Waals surface area contributed by atoms with E-state index < -0.39 is 133 Å². The molecule has 2 atom stereocenters. The first kappa shape index (κ1) is 76.4. The maximum absolute atomic E-state index is 16.3. The Morgan fingerprint density at radius 1 is 0.352 bits per heavy atom. The maximum atomic E-state index is 16.3. The van der Waals surface area contributed by atoms with Gasteiger partial charge >= 0.3 is 23.9 Å². The number of hydrogen-bond donors (Lipinski definition) is 0. The molecule has 11 rings (SSSR count). The molecule has 22 nitrogen and oxygen atoms in total. The van der Waals surface area contributed by atoms with Crippen molar-refractivity contribution < 1.29 is 103 Å². The number of hydrogen-bond acceptors (Lipinski definition) is 18. The summed E-state index contributed by atoms with van der Waals surface area (Å²) in [6, 6.07) is 20.6. The first-order valence-corrected chi connectivity index (χ1v) is 34.1. The largest absolute Gasteiger partial charge is 0.460 e. The zero-order valence-electron chi connectivity index (χ0n) is 60.0. The Bertz CT molecular complexity index is 4710. The Morgan fingerprint density at radius 2 is 0.574 bits per heavy atom. The standard InChI is InChI=1S/C82H72F4N4O18/c1-41(2)71(77(95)87(25-29-101-79(97)43(5)6)26-30-102-80(98)44(7)8)89-73(91)55-37-59(105-51-21-13-17-47(83)33-51)65-67-61(107-53-23-15-19-49(85)35-53)39-57-64-58(76(94)90(75(57)93)72(42(3)4)78(96)88(27-31-103-81(99)45(9)10)28-32-104-82(100)46(11)12)40-62(108-54-24-16-20-50(86)36-54)68(70(64)67)66-60(106-52-22-14-18-48(84)34-52)38-56(74(89)92)63(55)69(65)66/h13-24,33-42,71-72H,5,7,9,11,25-32H2,1-4,6,8,10,12H3. The fourth-order valence-electron chi connectivity index (χ4n) is 12.9. The topological polar surface area (TPSA) is 258 Å². The minimum Gasteiger partial charge on any atom is -0.460 e. The van der Waals surface area contributed by atoms with E-state index in [0.717, 1.165) is 58.3 Å². The highest BCUT2D eigenvalue weighted by Crippen LogP contribution is 2.58. The summed E-state index contributed by atoms with van der Waals surface area (Å²) in [5.74, 6) is -17.0. The highest BCUT2D eigenvalue weighted by molar-refractivity contribution is 6.45. The van der Waals surface area contributed by atoms with Gasteiger partial charge in [0.05, 0.1) is 48.4 Å². The number of halogens is 4. The molecule has 0 radical (unpaired) electrons. The van der Waals surface area contributed by atoms with Gasteiger partial charge in [0.25, 0.3) is 23.6 Å². The van der Waals surface area contributed by atoms with Crippen LogP contribution in [0, 0.1) is 35.1 Å². The fraction of sp³-hybridized carbons (Fsp3) is 0.244. The molecule has 0 saturated carbocycles. The van der Waals surface area contributed by atoms with Gasteiger partial charge < -0.3 is 47.7 Å². The van der Waals surface area contributed by atoms with Crippen molar-refractivity contribution in [1.29, 1.82) is 0 Å². The molecule has 6 amide bonds. The molecule has 556 valence electrons. The second-order valence-corrected chi connectivity index (χ2v) is 26.6. The van der Waals surface area contributed by atoms with Crippen LogP contribution in [-0.4, -0.2) is 144 Å². The minimum absolute atomic E-state index is 0.0338. The third kappa shape index (κ3) is 15.4. The quantitative estimate of drug-likeness (QED) is 0.00771. The minimum atomic E-state index is -1.75. The molecular formula is C82H72F4N4O18. The van der Waals surface area contributed by atoms with Crippen molar-refractivity contribution in [2.75, 3.05) is 52.6 Å². The van der Waals surface area contributed by atoms with Gasteiger partial charge in [0, 0.05) is 89.6 Å². The molecule has 0 spiro atoms. The third-order valence-corrected chi connectivity index (χ3v) is 17.8. The van der Waals surface area contributed by atoms with Crippen LogP contribution in [0.15, 0.2) is 170 Å². The Hall–Kier alpha value is -12.7. The van der Waals surface area contributed by atoms with Gasteiger partial charge in [0.1, 0.15) is 108 Å². The van der Waals surface area contributed by atoms with E-state index in [9.17, 15) is 19.2 Å². The van der Waals surface area contributed by atoms with Crippen LogP contribution < -0.4 is 18.9 Å². The lowest BCUT2D eigenvalue weighted by atomic mass is 9.80. The number of amides is 6. The predicted octanol–water partition coefficient (Wildman–Crippen LogP) is 14.8.